The molecule has 15 heavy (non-hydrogen) atoms. The molecule has 0 atom stereocenters. The number of nitrogens with one attached hydrogen (secondary N) is 1. The zero-order chi connectivity index (χ0) is 11.7. The predicted molar refractivity (Wildman–Crippen MR) is 67.3 cm³/mol. The molecule has 0 aromatic carbocycles. The van der Waals surface area contributed by atoms with Crippen molar-refractivity contribution in [2.24, 2.45) is 5.92 Å². The third-order valence-electron chi connectivity index (χ3n) is 2.21. The fourth-order valence-electron chi connectivity index (χ4n) is 1.21. The molecular formula is C13H29NO. The third kappa shape index (κ3) is 13.9. The first-order valence-corrected chi connectivity index (χ1v) is 6.24. The molecule has 2 nitrogen and oxygen atoms in total. The van der Waals surface area contributed by atoms with Gasteiger partial charge in [-0.05, 0) is 52.5 Å². The summed E-state index contributed by atoms with van der Waals surface area (Å²) in [4.78, 5) is 0. The van der Waals surface area contributed by atoms with E-state index in [4.69, 9.17) is 4.74 Å². The lowest BCUT2D eigenvalue weighted by atomic mass is 10.1. The summed E-state index contributed by atoms with van der Waals surface area (Å²) in [6, 6.07) is 0. The molecule has 92 valence electrons. The predicted octanol–water partition coefficient (Wildman–Crippen LogP) is 3.22. The molecule has 2 heteroatoms. The van der Waals surface area contributed by atoms with Gasteiger partial charge in [-0.3, -0.25) is 0 Å². The van der Waals surface area contributed by atoms with Crippen molar-refractivity contribution in [3.05, 3.63) is 0 Å². The van der Waals surface area contributed by atoms with Gasteiger partial charge >= 0.3 is 0 Å². The molecule has 0 heterocycles. The maximum absolute atomic E-state index is 5.55. The Hall–Kier alpha value is -0.0800. The lowest BCUT2D eigenvalue weighted by Crippen LogP contribution is -2.36. The van der Waals surface area contributed by atoms with Gasteiger partial charge in [-0.15, -0.1) is 0 Å². The molecule has 0 spiro atoms. The molecule has 0 saturated heterocycles. The molecule has 0 rings (SSSR count). The Balaban J connectivity index is 3.06. The smallest absolute Gasteiger partial charge is 0.0468 e. The minimum absolute atomic E-state index is 0.249. The van der Waals surface area contributed by atoms with Crippen LogP contribution in [0.5, 0.6) is 0 Å². The van der Waals surface area contributed by atoms with Crippen LogP contribution < -0.4 is 5.32 Å². The first-order chi connectivity index (χ1) is 6.92. The van der Waals surface area contributed by atoms with Crippen LogP contribution in [0, 0.1) is 5.92 Å². The SMILES string of the molecule is CC(C)CCOCCCCNC(C)(C)C. The van der Waals surface area contributed by atoms with Crippen molar-refractivity contribution in [1.29, 1.82) is 0 Å². The molecule has 0 unspecified atom stereocenters. The van der Waals surface area contributed by atoms with Gasteiger partial charge in [-0.25, -0.2) is 0 Å². The second-order valence-corrected chi connectivity index (χ2v) is 5.68. The summed E-state index contributed by atoms with van der Waals surface area (Å²) >= 11 is 0. The van der Waals surface area contributed by atoms with E-state index < -0.39 is 0 Å². The first-order valence-electron chi connectivity index (χ1n) is 6.24. The highest BCUT2D eigenvalue weighted by atomic mass is 16.5. The highest BCUT2D eigenvalue weighted by Crippen LogP contribution is 2.01. The van der Waals surface area contributed by atoms with E-state index in [0.29, 0.717) is 0 Å². The molecule has 0 aliphatic heterocycles. The van der Waals surface area contributed by atoms with Crippen molar-refractivity contribution in [1.82, 2.24) is 5.32 Å². The average Bonchev–Trinajstić information content (AvgIpc) is 2.07. The van der Waals surface area contributed by atoms with Crippen molar-refractivity contribution in [2.45, 2.75) is 59.4 Å². The van der Waals surface area contributed by atoms with Gasteiger partial charge in [-0.1, -0.05) is 13.8 Å². The van der Waals surface area contributed by atoms with E-state index in [1.54, 1.807) is 0 Å². The van der Waals surface area contributed by atoms with Gasteiger partial charge in [0.15, 0.2) is 0 Å². The molecule has 0 amide bonds. The van der Waals surface area contributed by atoms with E-state index in [9.17, 15) is 0 Å². The van der Waals surface area contributed by atoms with Crippen molar-refractivity contribution in [2.75, 3.05) is 19.8 Å². The summed E-state index contributed by atoms with van der Waals surface area (Å²) in [5, 5.41) is 3.48. The summed E-state index contributed by atoms with van der Waals surface area (Å²) in [5.41, 5.74) is 0.249. The van der Waals surface area contributed by atoms with Crippen LogP contribution in [0.2, 0.25) is 0 Å². The van der Waals surface area contributed by atoms with Gasteiger partial charge in [-0.2, -0.15) is 0 Å². The van der Waals surface area contributed by atoms with Crippen molar-refractivity contribution >= 4 is 0 Å². The Bertz CT molecular complexity index is 138. The van der Waals surface area contributed by atoms with Crippen LogP contribution in [0.25, 0.3) is 0 Å². The summed E-state index contributed by atoms with van der Waals surface area (Å²) in [5.74, 6) is 0.757. The van der Waals surface area contributed by atoms with Crippen molar-refractivity contribution in [3.8, 4) is 0 Å². The lowest BCUT2D eigenvalue weighted by Gasteiger charge is -2.20. The standard InChI is InChI=1S/C13H29NO/c1-12(2)8-11-15-10-7-6-9-14-13(3,4)5/h12,14H,6-11H2,1-5H3. The molecule has 0 radical (unpaired) electrons. The molecule has 0 aromatic rings. The van der Waals surface area contributed by atoms with Gasteiger partial charge in [0.2, 0.25) is 0 Å². The number of hydrogen-bond acceptors (Lipinski definition) is 2. The minimum Gasteiger partial charge on any atom is -0.381 e. The van der Waals surface area contributed by atoms with Gasteiger partial charge in [0.25, 0.3) is 0 Å². The minimum atomic E-state index is 0.249. The fourth-order valence-corrected chi connectivity index (χ4v) is 1.21. The van der Waals surface area contributed by atoms with Crippen LogP contribution in [0.3, 0.4) is 0 Å². The van der Waals surface area contributed by atoms with Crippen LogP contribution >= 0.6 is 0 Å². The molecule has 0 aromatic heterocycles. The molecule has 1 N–H and O–H groups in total. The summed E-state index contributed by atoms with van der Waals surface area (Å²) in [6.07, 6.45) is 3.56. The first kappa shape index (κ1) is 14.9. The van der Waals surface area contributed by atoms with Crippen LogP contribution in [-0.2, 0) is 4.74 Å². The molecule has 0 aliphatic rings. The fraction of sp³-hybridized carbons (Fsp3) is 1.00. The van der Waals surface area contributed by atoms with E-state index in [2.05, 4.69) is 39.9 Å². The second kappa shape index (κ2) is 8.12. The van der Waals surface area contributed by atoms with Crippen molar-refractivity contribution in [3.63, 3.8) is 0 Å². The molecular weight excluding hydrogens is 186 g/mol. The Kier molecular flexibility index (Phi) is 8.07. The summed E-state index contributed by atoms with van der Waals surface area (Å²) < 4.78 is 5.55. The number of unbranched alkanes of at least 4 members (excludes halogenated alkanes) is 1. The zero-order valence-corrected chi connectivity index (χ0v) is 11.2. The zero-order valence-electron chi connectivity index (χ0n) is 11.2. The normalized spacial score (nSPS) is 12.4. The topological polar surface area (TPSA) is 21.3 Å². The van der Waals surface area contributed by atoms with Crippen LogP contribution in [0.15, 0.2) is 0 Å². The Morgan fingerprint density at radius 1 is 1.07 bits per heavy atom. The third-order valence-corrected chi connectivity index (χ3v) is 2.21. The van der Waals surface area contributed by atoms with Crippen molar-refractivity contribution < 1.29 is 4.74 Å². The van der Waals surface area contributed by atoms with Gasteiger partial charge in [0.1, 0.15) is 0 Å². The van der Waals surface area contributed by atoms with Gasteiger partial charge in [0, 0.05) is 18.8 Å². The maximum atomic E-state index is 5.55. The highest BCUT2D eigenvalue weighted by molar-refractivity contribution is 4.69. The molecule has 0 saturated carbocycles. The Labute approximate surface area is 95.8 Å². The quantitative estimate of drug-likeness (QED) is 0.628. The molecule has 0 aliphatic carbocycles. The molecule has 0 fully saturated rings. The number of ether oxygens (including phenoxy) is 1. The van der Waals surface area contributed by atoms with Crippen LogP contribution in [-0.4, -0.2) is 25.3 Å². The van der Waals surface area contributed by atoms with Crippen LogP contribution in [0.4, 0.5) is 0 Å². The second-order valence-electron chi connectivity index (χ2n) is 5.68. The number of hydrogen-bond donors (Lipinski definition) is 1. The van der Waals surface area contributed by atoms with Gasteiger partial charge in [0.05, 0.1) is 0 Å². The summed E-state index contributed by atoms with van der Waals surface area (Å²) in [6.45, 7) is 14.0. The molecule has 0 bridgehead atoms. The van der Waals surface area contributed by atoms with E-state index >= 15 is 0 Å². The Morgan fingerprint density at radius 3 is 2.27 bits per heavy atom. The number of rotatable bonds is 8. The lowest BCUT2D eigenvalue weighted by molar-refractivity contribution is 0.119. The van der Waals surface area contributed by atoms with Gasteiger partial charge < -0.3 is 10.1 Å². The monoisotopic (exact) mass is 215 g/mol. The maximum Gasteiger partial charge on any atom is 0.0468 e. The highest BCUT2D eigenvalue weighted by Gasteiger charge is 2.06. The largest absolute Gasteiger partial charge is 0.381 e. The van der Waals surface area contributed by atoms with E-state index in [1.807, 2.05) is 0 Å². The van der Waals surface area contributed by atoms with E-state index in [-0.39, 0.29) is 5.54 Å². The van der Waals surface area contributed by atoms with E-state index in [1.165, 1.54) is 19.3 Å². The Morgan fingerprint density at radius 2 is 1.73 bits per heavy atom. The summed E-state index contributed by atoms with van der Waals surface area (Å²) in [7, 11) is 0. The average molecular weight is 215 g/mol. The van der Waals surface area contributed by atoms with E-state index in [0.717, 1.165) is 25.7 Å². The van der Waals surface area contributed by atoms with Crippen LogP contribution in [0.1, 0.15) is 53.9 Å².